The van der Waals surface area contributed by atoms with Gasteiger partial charge in [-0.2, -0.15) is 0 Å². The molecule has 2 N–H and O–H groups in total. The summed E-state index contributed by atoms with van der Waals surface area (Å²) in [6.07, 6.45) is -0.896. The molecule has 1 aromatic carbocycles. The summed E-state index contributed by atoms with van der Waals surface area (Å²) in [7, 11) is 0. The second-order valence-electron chi connectivity index (χ2n) is 3.77. The first-order valence-electron chi connectivity index (χ1n) is 5.37. The van der Waals surface area contributed by atoms with Gasteiger partial charge in [-0.15, -0.1) is 11.3 Å². The molecule has 0 aliphatic heterocycles. The average molecular weight is 317 g/mol. The number of rotatable bonds is 4. The Morgan fingerprint density at radius 2 is 2.26 bits per heavy atom. The van der Waals surface area contributed by atoms with E-state index in [1.807, 2.05) is 0 Å². The van der Waals surface area contributed by atoms with Crippen molar-refractivity contribution in [3.8, 4) is 0 Å². The fourth-order valence-corrected chi connectivity index (χ4v) is 2.55. The number of aliphatic hydroxyl groups excluding tert-OH is 1. The van der Waals surface area contributed by atoms with Crippen LogP contribution in [0.3, 0.4) is 0 Å². The molecular weight excluding hydrogens is 307 g/mol. The van der Waals surface area contributed by atoms with Gasteiger partial charge in [0.05, 0.1) is 11.6 Å². The highest BCUT2D eigenvalue weighted by Crippen LogP contribution is 2.25. The number of benzene rings is 1. The number of hydrogen-bond donors (Lipinski definition) is 2. The lowest BCUT2D eigenvalue weighted by molar-refractivity contribution is 0.0912. The third kappa shape index (κ3) is 3.67. The van der Waals surface area contributed by atoms with Crippen molar-refractivity contribution < 1.29 is 9.90 Å². The molecule has 1 aromatic heterocycles. The Labute approximate surface area is 124 Å². The largest absolute Gasteiger partial charge is 0.387 e. The summed E-state index contributed by atoms with van der Waals surface area (Å²) in [5, 5.41) is 15.1. The molecule has 100 valence electrons. The van der Waals surface area contributed by atoms with E-state index in [-0.39, 0.29) is 12.5 Å². The molecule has 1 unspecified atom stereocenters. The minimum atomic E-state index is -0.896. The van der Waals surface area contributed by atoms with E-state index in [2.05, 4.69) is 10.3 Å². The van der Waals surface area contributed by atoms with Crippen molar-refractivity contribution in [2.24, 2.45) is 0 Å². The van der Waals surface area contributed by atoms with Crippen LogP contribution < -0.4 is 5.32 Å². The number of aromatic nitrogens is 1. The molecule has 7 heteroatoms. The first kappa shape index (κ1) is 14.3. The number of aliphatic hydroxyl groups is 1. The Kier molecular flexibility index (Phi) is 4.76. The van der Waals surface area contributed by atoms with Crippen LogP contribution in [0.15, 0.2) is 29.1 Å². The van der Waals surface area contributed by atoms with Crippen molar-refractivity contribution in [2.75, 3.05) is 6.54 Å². The fourth-order valence-electron chi connectivity index (χ4n) is 1.49. The van der Waals surface area contributed by atoms with E-state index < -0.39 is 6.10 Å². The first-order chi connectivity index (χ1) is 9.08. The lowest BCUT2D eigenvalue weighted by atomic mass is 10.1. The summed E-state index contributed by atoms with van der Waals surface area (Å²) in [4.78, 5) is 15.5. The summed E-state index contributed by atoms with van der Waals surface area (Å²) in [5.74, 6) is -0.328. The zero-order valence-electron chi connectivity index (χ0n) is 9.64. The van der Waals surface area contributed by atoms with Gasteiger partial charge in [-0.3, -0.25) is 4.79 Å². The topological polar surface area (TPSA) is 62.2 Å². The lowest BCUT2D eigenvalue weighted by Gasteiger charge is -2.13. The van der Waals surface area contributed by atoms with Gasteiger partial charge in [0.1, 0.15) is 5.69 Å². The van der Waals surface area contributed by atoms with Gasteiger partial charge in [0.15, 0.2) is 0 Å². The first-order valence-corrected chi connectivity index (χ1v) is 7.07. The van der Waals surface area contributed by atoms with Crippen molar-refractivity contribution in [1.82, 2.24) is 10.3 Å². The van der Waals surface area contributed by atoms with Gasteiger partial charge in [-0.05, 0) is 12.1 Å². The van der Waals surface area contributed by atoms with E-state index in [0.29, 0.717) is 21.3 Å². The minimum absolute atomic E-state index is 0.0533. The zero-order valence-corrected chi connectivity index (χ0v) is 12.0. The molecule has 0 saturated carbocycles. The third-order valence-corrected chi connectivity index (χ3v) is 3.59. The standard InChI is InChI=1S/C12H10Cl2N2O2S/c13-7-1-2-8(9(14)3-7)11(17)4-15-12(18)10-5-19-6-16-10/h1-3,5-6,11,17H,4H2,(H,15,18). The summed E-state index contributed by atoms with van der Waals surface area (Å²) in [6, 6.07) is 4.81. The zero-order chi connectivity index (χ0) is 13.8. The van der Waals surface area contributed by atoms with Gasteiger partial charge >= 0.3 is 0 Å². The highest BCUT2D eigenvalue weighted by molar-refractivity contribution is 7.07. The molecule has 2 aromatic rings. The third-order valence-electron chi connectivity index (χ3n) is 2.44. The van der Waals surface area contributed by atoms with Crippen molar-refractivity contribution in [3.05, 3.63) is 50.4 Å². The van der Waals surface area contributed by atoms with Crippen molar-refractivity contribution in [3.63, 3.8) is 0 Å². The molecule has 1 amide bonds. The molecule has 19 heavy (non-hydrogen) atoms. The lowest BCUT2D eigenvalue weighted by Crippen LogP contribution is -2.28. The highest BCUT2D eigenvalue weighted by Gasteiger charge is 2.14. The highest BCUT2D eigenvalue weighted by atomic mass is 35.5. The van der Waals surface area contributed by atoms with E-state index in [1.54, 1.807) is 29.1 Å². The molecule has 1 heterocycles. The Balaban J connectivity index is 1.98. The maximum absolute atomic E-state index is 11.6. The molecule has 0 radical (unpaired) electrons. The van der Waals surface area contributed by atoms with Gasteiger partial charge in [0.25, 0.3) is 5.91 Å². The van der Waals surface area contributed by atoms with E-state index in [0.717, 1.165) is 0 Å². The van der Waals surface area contributed by atoms with E-state index >= 15 is 0 Å². The number of nitrogens with one attached hydrogen (secondary N) is 1. The smallest absolute Gasteiger partial charge is 0.270 e. The molecule has 0 saturated heterocycles. The Morgan fingerprint density at radius 1 is 1.47 bits per heavy atom. The Hall–Kier alpha value is -1.14. The van der Waals surface area contributed by atoms with Crippen LogP contribution in [0.2, 0.25) is 10.0 Å². The molecule has 0 aliphatic carbocycles. The molecule has 0 fully saturated rings. The van der Waals surface area contributed by atoms with E-state index in [1.165, 1.54) is 11.3 Å². The van der Waals surface area contributed by atoms with Crippen LogP contribution in [0.4, 0.5) is 0 Å². The quantitative estimate of drug-likeness (QED) is 0.911. The van der Waals surface area contributed by atoms with Gasteiger partial charge in [-0.25, -0.2) is 4.98 Å². The predicted molar refractivity (Wildman–Crippen MR) is 75.9 cm³/mol. The van der Waals surface area contributed by atoms with Gasteiger partial charge in [0.2, 0.25) is 0 Å². The van der Waals surface area contributed by atoms with E-state index in [4.69, 9.17) is 23.2 Å². The van der Waals surface area contributed by atoms with E-state index in [9.17, 15) is 9.90 Å². The molecule has 2 rings (SSSR count). The fraction of sp³-hybridized carbons (Fsp3) is 0.167. The second-order valence-corrected chi connectivity index (χ2v) is 5.33. The maximum Gasteiger partial charge on any atom is 0.270 e. The molecule has 0 spiro atoms. The summed E-state index contributed by atoms with van der Waals surface area (Å²) >= 11 is 13.1. The van der Waals surface area contributed by atoms with Crippen LogP contribution in [0.5, 0.6) is 0 Å². The second kappa shape index (κ2) is 6.34. The molecule has 0 bridgehead atoms. The molecule has 0 aliphatic rings. The normalized spacial score (nSPS) is 12.2. The van der Waals surface area contributed by atoms with Gasteiger partial charge < -0.3 is 10.4 Å². The van der Waals surface area contributed by atoms with Crippen molar-refractivity contribution in [1.29, 1.82) is 0 Å². The monoisotopic (exact) mass is 316 g/mol. The maximum atomic E-state index is 11.6. The van der Waals surface area contributed by atoms with Crippen LogP contribution in [-0.4, -0.2) is 22.5 Å². The number of carbonyl (C=O) groups excluding carboxylic acids is 1. The number of halogens is 2. The SMILES string of the molecule is O=C(NCC(O)c1ccc(Cl)cc1Cl)c1cscn1. The molecular formula is C12H10Cl2N2O2S. The van der Waals surface area contributed by atoms with Crippen LogP contribution >= 0.6 is 34.5 Å². The van der Waals surface area contributed by atoms with Crippen molar-refractivity contribution >= 4 is 40.4 Å². The van der Waals surface area contributed by atoms with Gasteiger partial charge in [-0.1, -0.05) is 29.3 Å². The number of hydrogen-bond acceptors (Lipinski definition) is 4. The van der Waals surface area contributed by atoms with Crippen LogP contribution in [0.1, 0.15) is 22.2 Å². The minimum Gasteiger partial charge on any atom is -0.387 e. The molecule has 1 atom stereocenters. The molecule has 4 nitrogen and oxygen atoms in total. The van der Waals surface area contributed by atoms with Crippen LogP contribution in [-0.2, 0) is 0 Å². The van der Waals surface area contributed by atoms with Crippen molar-refractivity contribution in [2.45, 2.75) is 6.10 Å². The van der Waals surface area contributed by atoms with Gasteiger partial charge in [0, 0.05) is 27.5 Å². The van der Waals surface area contributed by atoms with Crippen LogP contribution in [0.25, 0.3) is 0 Å². The number of nitrogens with zero attached hydrogens (tertiary/aromatic N) is 1. The summed E-state index contributed by atoms with van der Waals surface area (Å²) in [6.45, 7) is 0.0533. The summed E-state index contributed by atoms with van der Waals surface area (Å²) < 4.78 is 0. The Morgan fingerprint density at radius 3 is 2.89 bits per heavy atom. The summed E-state index contributed by atoms with van der Waals surface area (Å²) in [5.41, 5.74) is 2.42. The number of amides is 1. The Bertz CT molecular complexity index is 575. The van der Waals surface area contributed by atoms with Crippen LogP contribution in [0, 0.1) is 0 Å². The average Bonchev–Trinajstić information content (AvgIpc) is 2.89. The number of carbonyl (C=O) groups is 1. The number of thiazole rings is 1. The predicted octanol–water partition coefficient (Wildman–Crippen LogP) is 2.91.